The maximum absolute atomic E-state index is 10.6. The highest BCUT2D eigenvalue weighted by Crippen LogP contribution is 2.28. The predicted molar refractivity (Wildman–Crippen MR) is 54.3 cm³/mol. The molecule has 0 amide bonds. The Balaban J connectivity index is 2.87. The maximum atomic E-state index is 10.6. The topological polar surface area (TPSA) is 69.4 Å². The highest BCUT2D eigenvalue weighted by molar-refractivity contribution is 6.32. The number of benzene rings is 1. The molecule has 0 fully saturated rings. The Kier molecular flexibility index (Phi) is 3.62. The van der Waals surface area contributed by atoms with Gasteiger partial charge in [-0.3, -0.25) is 14.9 Å². The van der Waals surface area contributed by atoms with E-state index in [-0.39, 0.29) is 28.8 Å². The molecule has 0 aliphatic heterocycles. The van der Waals surface area contributed by atoms with Crippen LogP contribution in [0.3, 0.4) is 0 Å². The van der Waals surface area contributed by atoms with Gasteiger partial charge in [0.2, 0.25) is 0 Å². The Morgan fingerprint density at radius 1 is 1.60 bits per heavy atom. The maximum Gasteiger partial charge on any atom is 0.291 e. The van der Waals surface area contributed by atoms with Gasteiger partial charge in [-0.05, 0) is 19.1 Å². The van der Waals surface area contributed by atoms with E-state index in [4.69, 9.17) is 16.3 Å². The molecule has 0 heterocycles. The van der Waals surface area contributed by atoms with Crippen LogP contribution >= 0.6 is 11.6 Å². The van der Waals surface area contributed by atoms with E-state index in [1.54, 1.807) is 0 Å². The third-order valence-electron chi connectivity index (χ3n) is 1.56. The summed E-state index contributed by atoms with van der Waals surface area (Å²) in [4.78, 5) is 20.5. The average Bonchev–Trinajstić information content (AvgIpc) is 2.16. The summed E-state index contributed by atoms with van der Waals surface area (Å²) in [6.07, 6.45) is 0. The molecule has 1 aromatic rings. The number of carbonyl (C=O) groups is 1. The molecule has 1 rings (SSSR count). The lowest BCUT2D eigenvalue weighted by molar-refractivity contribution is -0.384. The van der Waals surface area contributed by atoms with Crippen molar-refractivity contribution in [2.24, 2.45) is 0 Å². The lowest BCUT2D eigenvalue weighted by Crippen LogP contribution is -2.06. The molecular formula is C9H8ClNO4. The van der Waals surface area contributed by atoms with Gasteiger partial charge in [-0.15, -0.1) is 0 Å². The first-order valence-corrected chi connectivity index (χ1v) is 4.44. The summed E-state index contributed by atoms with van der Waals surface area (Å²) in [5.74, 6) is 0.0916. The van der Waals surface area contributed by atoms with E-state index in [0.717, 1.165) is 0 Å². The van der Waals surface area contributed by atoms with E-state index in [1.165, 1.54) is 25.1 Å². The van der Waals surface area contributed by atoms with Crippen molar-refractivity contribution in [2.75, 3.05) is 6.61 Å². The quantitative estimate of drug-likeness (QED) is 0.586. The minimum absolute atomic E-state index is 0.0372. The van der Waals surface area contributed by atoms with Crippen LogP contribution in [-0.4, -0.2) is 17.3 Å². The van der Waals surface area contributed by atoms with Gasteiger partial charge in [0.25, 0.3) is 5.69 Å². The molecule has 0 spiro atoms. The van der Waals surface area contributed by atoms with Crippen LogP contribution in [0, 0.1) is 10.1 Å². The first-order chi connectivity index (χ1) is 7.00. The largest absolute Gasteiger partial charge is 0.486 e. The fraction of sp³-hybridized carbons (Fsp3) is 0.222. The Morgan fingerprint density at radius 2 is 2.27 bits per heavy atom. The Labute approximate surface area is 90.8 Å². The molecule has 0 radical (unpaired) electrons. The number of halogens is 1. The summed E-state index contributed by atoms with van der Waals surface area (Å²) < 4.78 is 5.00. The second kappa shape index (κ2) is 4.75. The van der Waals surface area contributed by atoms with Gasteiger partial charge < -0.3 is 4.74 Å². The number of nitrogens with zero attached hydrogens (tertiary/aromatic N) is 1. The van der Waals surface area contributed by atoms with E-state index in [1.807, 2.05) is 0 Å². The van der Waals surface area contributed by atoms with Crippen LogP contribution in [0.25, 0.3) is 0 Å². The smallest absolute Gasteiger partial charge is 0.291 e. The van der Waals surface area contributed by atoms with Gasteiger partial charge in [-0.1, -0.05) is 11.6 Å². The second-order valence-electron chi connectivity index (χ2n) is 2.86. The molecule has 0 unspecified atom stereocenters. The van der Waals surface area contributed by atoms with Crippen molar-refractivity contribution in [2.45, 2.75) is 6.92 Å². The fourth-order valence-corrected chi connectivity index (χ4v) is 1.09. The number of ketones is 1. The number of ether oxygens (including phenoxy) is 1. The zero-order valence-electron chi connectivity index (χ0n) is 7.90. The lowest BCUT2D eigenvalue weighted by Gasteiger charge is -2.03. The number of nitro benzene ring substituents is 1. The van der Waals surface area contributed by atoms with Crippen LogP contribution in [0.1, 0.15) is 6.92 Å². The first kappa shape index (κ1) is 11.5. The molecule has 15 heavy (non-hydrogen) atoms. The van der Waals surface area contributed by atoms with Crippen molar-refractivity contribution in [3.05, 3.63) is 33.3 Å². The fourth-order valence-electron chi connectivity index (χ4n) is 0.907. The minimum Gasteiger partial charge on any atom is -0.486 e. The zero-order valence-corrected chi connectivity index (χ0v) is 8.65. The monoisotopic (exact) mass is 229 g/mol. The normalized spacial score (nSPS) is 9.73. The number of hydrogen-bond acceptors (Lipinski definition) is 4. The number of Topliss-reactive ketones (excluding diaryl/α,β-unsaturated/α-hetero) is 1. The summed E-state index contributed by atoms with van der Waals surface area (Å²) in [6, 6.07) is 4.01. The number of carbonyl (C=O) groups excluding carboxylic acids is 1. The average molecular weight is 230 g/mol. The molecular weight excluding hydrogens is 222 g/mol. The highest BCUT2D eigenvalue weighted by Gasteiger charge is 2.13. The van der Waals surface area contributed by atoms with Crippen molar-refractivity contribution < 1.29 is 14.5 Å². The van der Waals surface area contributed by atoms with Gasteiger partial charge >= 0.3 is 0 Å². The van der Waals surface area contributed by atoms with Crippen LogP contribution in [0.2, 0.25) is 5.02 Å². The molecule has 0 saturated heterocycles. The van der Waals surface area contributed by atoms with Gasteiger partial charge in [0.05, 0.1) is 11.0 Å². The van der Waals surface area contributed by atoms with Crippen LogP contribution in [0.4, 0.5) is 5.69 Å². The van der Waals surface area contributed by atoms with Gasteiger partial charge in [-0.25, -0.2) is 0 Å². The van der Waals surface area contributed by atoms with E-state index >= 15 is 0 Å². The molecule has 80 valence electrons. The predicted octanol–water partition coefficient (Wildman–Crippen LogP) is 2.22. The van der Waals surface area contributed by atoms with Gasteiger partial charge in [-0.2, -0.15) is 0 Å². The van der Waals surface area contributed by atoms with Crippen molar-refractivity contribution in [1.29, 1.82) is 0 Å². The van der Waals surface area contributed by atoms with E-state index < -0.39 is 4.92 Å². The molecule has 0 N–H and O–H groups in total. The first-order valence-electron chi connectivity index (χ1n) is 4.07. The molecule has 5 nitrogen and oxygen atoms in total. The van der Waals surface area contributed by atoms with E-state index in [9.17, 15) is 14.9 Å². The third kappa shape index (κ3) is 3.21. The molecule has 0 atom stereocenters. The van der Waals surface area contributed by atoms with Crippen molar-refractivity contribution >= 4 is 23.1 Å². The van der Waals surface area contributed by atoms with Crippen molar-refractivity contribution in [1.82, 2.24) is 0 Å². The Hall–Kier alpha value is -1.62. The second-order valence-corrected chi connectivity index (χ2v) is 3.27. The zero-order chi connectivity index (χ0) is 11.4. The molecule has 0 aromatic heterocycles. The van der Waals surface area contributed by atoms with Crippen LogP contribution in [-0.2, 0) is 4.79 Å². The summed E-state index contributed by atoms with van der Waals surface area (Å²) in [5, 5.41) is 10.5. The highest BCUT2D eigenvalue weighted by atomic mass is 35.5. The molecule has 0 aliphatic carbocycles. The molecule has 0 saturated carbocycles. The van der Waals surface area contributed by atoms with Crippen LogP contribution < -0.4 is 4.74 Å². The lowest BCUT2D eigenvalue weighted by atomic mass is 10.3. The van der Waals surface area contributed by atoms with Gasteiger partial charge in [0.15, 0.2) is 5.78 Å². The van der Waals surface area contributed by atoms with Crippen LogP contribution in [0.15, 0.2) is 18.2 Å². The molecule has 0 bridgehead atoms. The number of hydrogen-bond donors (Lipinski definition) is 0. The van der Waals surface area contributed by atoms with E-state index in [0.29, 0.717) is 0 Å². The van der Waals surface area contributed by atoms with Gasteiger partial charge in [0, 0.05) is 0 Å². The summed E-state index contributed by atoms with van der Waals surface area (Å²) in [6.45, 7) is 1.25. The minimum atomic E-state index is -0.608. The summed E-state index contributed by atoms with van der Waals surface area (Å²) in [5.41, 5.74) is -0.238. The van der Waals surface area contributed by atoms with Crippen molar-refractivity contribution in [3.63, 3.8) is 0 Å². The standard InChI is InChI=1S/C9H8ClNO4/c1-6(12)5-15-7-2-3-8(10)9(4-7)11(13)14/h2-4H,5H2,1H3. The molecule has 0 aliphatic rings. The number of rotatable bonds is 4. The summed E-state index contributed by atoms with van der Waals surface area (Å²) >= 11 is 5.59. The summed E-state index contributed by atoms with van der Waals surface area (Å²) in [7, 11) is 0. The Morgan fingerprint density at radius 3 is 2.80 bits per heavy atom. The van der Waals surface area contributed by atoms with E-state index in [2.05, 4.69) is 0 Å². The Bertz CT molecular complexity index is 405. The number of nitro groups is 1. The molecule has 6 heteroatoms. The molecule has 1 aromatic carbocycles. The third-order valence-corrected chi connectivity index (χ3v) is 1.88. The van der Waals surface area contributed by atoms with Gasteiger partial charge in [0.1, 0.15) is 17.4 Å². The van der Waals surface area contributed by atoms with Crippen molar-refractivity contribution in [3.8, 4) is 5.75 Å². The SMILES string of the molecule is CC(=O)COc1ccc(Cl)c([N+](=O)[O-])c1. The van der Waals surface area contributed by atoms with Crippen LogP contribution in [0.5, 0.6) is 5.75 Å².